The minimum absolute atomic E-state index is 0.0201. The van der Waals surface area contributed by atoms with E-state index in [0.717, 1.165) is 10.4 Å². The predicted octanol–water partition coefficient (Wildman–Crippen LogP) is 5.72. The molecule has 0 bridgehead atoms. The van der Waals surface area contributed by atoms with Crippen molar-refractivity contribution in [3.63, 3.8) is 0 Å². The molecule has 1 N–H and O–H groups in total. The van der Waals surface area contributed by atoms with Gasteiger partial charge >= 0.3 is 0 Å². The molecule has 2 aromatic carbocycles. The molecule has 0 saturated heterocycles. The standard InChI is InChI=1S/C23H20ClN3O2S/c1-15(2)29-21-6-4-3-5-17(21)12-18(13-25)22(28)27-23-26-14-20(30-23)11-16-7-9-19(24)10-8-16/h3-10,12,14-15H,11H2,1-2H3,(H,26,27,28). The number of nitrogens with zero attached hydrogens (tertiary/aromatic N) is 2. The van der Waals surface area contributed by atoms with E-state index < -0.39 is 5.91 Å². The Bertz CT molecular complexity index is 1100. The van der Waals surface area contributed by atoms with Crippen LogP contribution in [-0.4, -0.2) is 17.0 Å². The van der Waals surface area contributed by atoms with Gasteiger partial charge in [0.2, 0.25) is 0 Å². The Kier molecular flexibility index (Phi) is 7.23. The van der Waals surface area contributed by atoms with Crippen LogP contribution in [0, 0.1) is 11.3 Å². The fourth-order valence-electron chi connectivity index (χ4n) is 2.68. The van der Waals surface area contributed by atoms with Crippen LogP contribution in [0.5, 0.6) is 5.75 Å². The number of benzene rings is 2. The summed E-state index contributed by atoms with van der Waals surface area (Å²) in [7, 11) is 0. The second-order valence-corrected chi connectivity index (χ2v) is 8.31. The first-order chi connectivity index (χ1) is 14.4. The summed E-state index contributed by atoms with van der Waals surface area (Å²) in [6, 6.07) is 16.8. The third-order valence-corrected chi connectivity index (χ3v) is 5.18. The lowest BCUT2D eigenvalue weighted by molar-refractivity contribution is -0.112. The van der Waals surface area contributed by atoms with Gasteiger partial charge in [0.05, 0.1) is 6.10 Å². The summed E-state index contributed by atoms with van der Waals surface area (Å²) in [4.78, 5) is 17.8. The lowest BCUT2D eigenvalue weighted by Crippen LogP contribution is -2.13. The third kappa shape index (κ3) is 5.93. The van der Waals surface area contributed by atoms with Gasteiger partial charge in [-0.2, -0.15) is 5.26 Å². The van der Waals surface area contributed by atoms with Crippen LogP contribution < -0.4 is 10.1 Å². The first-order valence-electron chi connectivity index (χ1n) is 9.32. The quantitative estimate of drug-likeness (QED) is 0.379. The number of anilines is 1. The van der Waals surface area contributed by atoms with Crippen molar-refractivity contribution >= 4 is 40.1 Å². The number of carbonyl (C=O) groups excluding carboxylic acids is 1. The minimum atomic E-state index is -0.510. The number of nitriles is 1. The average molecular weight is 438 g/mol. The number of thiazole rings is 1. The number of nitrogens with one attached hydrogen (secondary N) is 1. The van der Waals surface area contributed by atoms with Gasteiger partial charge in [0.1, 0.15) is 17.4 Å². The summed E-state index contributed by atoms with van der Waals surface area (Å²) in [5, 5.41) is 13.3. The van der Waals surface area contributed by atoms with Crippen LogP contribution in [0.3, 0.4) is 0 Å². The Labute approximate surface area is 184 Å². The van der Waals surface area contributed by atoms with Crippen molar-refractivity contribution < 1.29 is 9.53 Å². The van der Waals surface area contributed by atoms with E-state index in [0.29, 0.717) is 27.9 Å². The van der Waals surface area contributed by atoms with E-state index >= 15 is 0 Å². The highest BCUT2D eigenvalue weighted by atomic mass is 35.5. The van der Waals surface area contributed by atoms with Gasteiger partial charge < -0.3 is 4.74 Å². The van der Waals surface area contributed by atoms with E-state index in [4.69, 9.17) is 16.3 Å². The van der Waals surface area contributed by atoms with Crippen molar-refractivity contribution in [3.05, 3.63) is 81.3 Å². The zero-order chi connectivity index (χ0) is 21.5. The Morgan fingerprint density at radius 2 is 2.00 bits per heavy atom. The normalized spacial score (nSPS) is 11.2. The van der Waals surface area contributed by atoms with Crippen molar-refractivity contribution in [2.24, 2.45) is 0 Å². The fraction of sp³-hybridized carbons (Fsp3) is 0.174. The summed E-state index contributed by atoms with van der Waals surface area (Å²) < 4.78 is 5.75. The zero-order valence-electron chi connectivity index (χ0n) is 16.6. The molecule has 0 radical (unpaired) electrons. The minimum Gasteiger partial charge on any atom is -0.490 e. The SMILES string of the molecule is CC(C)Oc1ccccc1C=C(C#N)C(=O)Nc1ncc(Cc2ccc(Cl)cc2)s1. The maximum atomic E-state index is 12.6. The second kappa shape index (κ2) is 10.1. The van der Waals surface area contributed by atoms with E-state index in [2.05, 4.69) is 10.3 Å². The van der Waals surface area contributed by atoms with E-state index in [9.17, 15) is 10.1 Å². The van der Waals surface area contributed by atoms with Crippen LogP contribution in [0.4, 0.5) is 5.13 Å². The molecule has 3 rings (SSSR count). The Hall–Kier alpha value is -3.14. The smallest absolute Gasteiger partial charge is 0.268 e. The summed E-state index contributed by atoms with van der Waals surface area (Å²) in [5.74, 6) is 0.108. The Morgan fingerprint density at radius 3 is 2.70 bits per heavy atom. The molecule has 7 heteroatoms. The van der Waals surface area contributed by atoms with Crippen LogP contribution in [0.2, 0.25) is 5.02 Å². The van der Waals surface area contributed by atoms with Crippen LogP contribution in [0.25, 0.3) is 6.08 Å². The van der Waals surface area contributed by atoms with Gasteiger partial charge in [-0.25, -0.2) is 4.98 Å². The molecule has 0 aliphatic heterocycles. The first kappa shape index (κ1) is 21.6. The second-order valence-electron chi connectivity index (χ2n) is 6.76. The number of ether oxygens (including phenoxy) is 1. The highest BCUT2D eigenvalue weighted by Crippen LogP contribution is 2.24. The summed E-state index contributed by atoms with van der Waals surface area (Å²) in [6.07, 6.45) is 3.91. The summed E-state index contributed by atoms with van der Waals surface area (Å²) in [6.45, 7) is 3.84. The first-order valence-corrected chi connectivity index (χ1v) is 10.5. The van der Waals surface area contributed by atoms with Crippen LogP contribution in [0.1, 0.15) is 29.9 Å². The number of hydrogen-bond acceptors (Lipinski definition) is 5. The predicted molar refractivity (Wildman–Crippen MR) is 121 cm³/mol. The Balaban J connectivity index is 1.72. The highest BCUT2D eigenvalue weighted by molar-refractivity contribution is 7.15. The van der Waals surface area contributed by atoms with Crippen molar-refractivity contribution in [3.8, 4) is 11.8 Å². The molecule has 30 heavy (non-hydrogen) atoms. The maximum Gasteiger partial charge on any atom is 0.268 e. The lowest BCUT2D eigenvalue weighted by atomic mass is 10.1. The van der Waals surface area contributed by atoms with Gasteiger partial charge in [0, 0.05) is 28.1 Å². The monoisotopic (exact) mass is 437 g/mol. The lowest BCUT2D eigenvalue weighted by Gasteiger charge is -2.12. The number of halogens is 1. The average Bonchev–Trinajstić information content (AvgIpc) is 3.15. The molecule has 0 spiro atoms. The molecule has 0 aliphatic rings. The Morgan fingerprint density at radius 1 is 1.27 bits per heavy atom. The molecule has 1 aromatic heterocycles. The van der Waals surface area contributed by atoms with Crippen LogP contribution >= 0.6 is 22.9 Å². The van der Waals surface area contributed by atoms with E-state index in [-0.39, 0.29) is 11.7 Å². The summed E-state index contributed by atoms with van der Waals surface area (Å²) >= 11 is 7.28. The van der Waals surface area contributed by atoms with Gasteiger partial charge in [-0.3, -0.25) is 10.1 Å². The molecule has 0 atom stereocenters. The number of rotatable bonds is 7. The molecule has 152 valence electrons. The van der Waals surface area contributed by atoms with Gasteiger partial charge in [-0.1, -0.05) is 41.9 Å². The molecular formula is C23H20ClN3O2S. The molecule has 0 aliphatic carbocycles. The van der Waals surface area contributed by atoms with Crippen LogP contribution in [0.15, 0.2) is 60.3 Å². The zero-order valence-corrected chi connectivity index (χ0v) is 18.1. The molecule has 1 amide bonds. The molecule has 0 saturated carbocycles. The number of para-hydroxylation sites is 1. The summed E-state index contributed by atoms with van der Waals surface area (Å²) in [5.41, 5.74) is 1.74. The molecular weight excluding hydrogens is 418 g/mol. The topological polar surface area (TPSA) is 75.0 Å². The van der Waals surface area contributed by atoms with Gasteiger partial charge in [0.15, 0.2) is 5.13 Å². The van der Waals surface area contributed by atoms with Gasteiger partial charge in [-0.15, -0.1) is 11.3 Å². The highest BCUT2D eigenvalue weighted by Gasteiger charge is 2.14. The van der Waals surface area contributed by atoms with Gasteiger partial charge in [0.25, 0.3) is 5.91 Å². The molecule has 3 aromatic rings. The number of amides is 1. The van der Waals surface area contributed by atoms with Crippen molar-refractivity contribution in [2.45, 2.75) is 26.4 Å². The molecule has 0 unspecified atom stereocenters. The van der Waals surface area contributed by atoms with Crippen molar-refractivity contribution in [1.82, 2.24) is 4.98 Å². The van der Waals surface area contributed by atoms with E-state index in [1.54, 1.807) is 12.3 Å². The van der Waals surface area contributed by atoms with E-state index in [1.807, 2.05) is 62.4 Å². The largest absolute Gasteiger partial charge is 0.490 e. The van der Waals surface area contributed by atoms with Crippen LogP contribution in [-0.2, 0) is 11.2 Å². The molecule has 1 heterocycles. The maximum absolute atomic E-state index is 12.6. The molecule has 0 fully saturated rings. The molecule has 5 nitrogen and oxygen atoms in total. The van der Waals surface area contributed by atoms with E-state index in [1.165, 1.54) is 17.4 Å². The third-order valence-electron chi connectivity index (χ3n) is 4.01. The van der Waals surface area contributed by atoms with Crippen molar-refractivity contribution in [1.29, 1.82) is 5.26 Å². The number of aromatic nitrogens is 1. The number of carbonyl (C=O) groups is 1. The van der Waals surface area contributed by atoms with Crippen molar-refractivity contribution in [2.75, 3.05) is 5.32 Å². The van der Waals surface area contributed by atoms with Gasteiger partial charge in [-0.05, 0) is 43.7 Å². The fourth-order valence-corrected chi connectivity index (χ4v) is 3.65. The number of hydrogen-bond donors (Lipinski definition) is 1.